The molecular formula is C7H9NO3. The molecule has 0 aliphatic heterocycles. The van der Waals surface area contributed by atoms with Crippen molar-refractivity contribution in [2.75, 3.05) is 0 Å². The summed E-state index contributed by atoms with van der Waals surface area (Å²) in [6.07, 6.45) is 2.72. The second kappa shape index (κ2) is 4.41. The number of aliphatic imine (C=N–C) groups is 1. The molecule has 0 heterocycles. The molecule has 0 aliphatic rings. The van der Waals surface area contributed by atoms with Crippen LogP contribution in [0.3, 0.4) is 0 Å². The van der Waals surface area contributed by atoms with Gasteiger partial charge in [-0.3, -0.25) is 0 Å². The van der Waals surface area contributed by atoms with Crippen molar-refractivity contribution in [3.63, 3.8) is 0 Å². The van der Waals surface area contributed by atoms with Gasteiger partial charge in [0.1, 0.15) is 0 Å². The van der Waals surface area contributed by atoms with E-state index in [9.17, 15) is 9.59 Å². The molecule has 0 spiro atoms. The van der Waals surface area contributed by atoms with Gasteiger partial charge in [0, 0.05) is 0 Å². The Kier molecular flexibility index (Phi) is 3.85. The van der Waals surface area contributed by atoms with Crippen LogP contribution in [0.4, 0.5) is 0 Å². The molecule has 0 radical (unpaired) electrons. The first-order chi connectivity index (χ1) is 5.13. The summed E-state index contributed by atoms with van der Waals surface area (Å²) in [6.45, 7) is 3.11. The van der Waals surface area contributed by atoms with Gasteiger partial charge in [0.05, 0.1) is 11.6 Å². The zero-order valence-electron chi connectivity index (χ0n) is 6.37. The first-order valence-electron chi connectivity index (χ1n) is 3.10. The lowest BCUT2D eigenvalue weighted by Crippen LogP contribution is -2.12. The maximum absolute atomic E-state index is 10.4. The van der Waals surface area contributed by atoms with Crippen LogP contribution in [0.1, 0.15) is 13.8 Å². The molecule has 0 saturated heterocycles. The number of hydrogen-bond acceptors (Lipinski definition) is 3. The molecule has 0 aromatic rings. The van der Waals surface area contributed by atoms with Gasteiger partial charge in [-0.1, -0.05) is 6.08 Å². The highest BCUT2D eigenvalue weighted by molar-refractivity contribution is 5.88. The van der Waals surface area contributed by atoms with Crippen LogP contribution in [-0.4, -0.2) is 23.2 Å². The van der Waals surface area contributed by atoms with Crippen LogP contribution in [0.2, 0.25) is 0 Å². The van der Waals surface area contributed by atoms with E-state index in [1.807, 2.05) is 0 Å². The number of carbonyl (C=O) groups excluding carboxylic acids is 1. The monoisotopic (exact) mass is 155 g/mol. The minimum Gasteiger partial charge on any atom is -0.478 e. The van der Waals surface area contributed by atoms with Gasteiger partial charge in [-0.2, -0.15) is 4.99 Å². The van der Waals surface area contributed by atoms with Crippen LogP contribution in [0.25, 0.3) is 0 Å². The molecule has 4 heteroatoms. The lowest BCUT2D eigenvalue weighted by molar-refractivity contribution is -0.132. The van der Waals surface area contributed by atoms with Gasteiger partial charge in [-0.05, 0) is 13.8 Å². The van der Waals surface area contributed by atoms with Crippen molar-refractivity contribution >= 4 is 12.0 Å². The van der Waals surface area contributed by atoms with E-state index in [-0.39, 0.29) is 5.57 Å². The molecule has 0 aromatic heterocycles. The number of carboxylic acids is 1. The van der Waals surface area contributed by atoms with Crippen LogP contribution in [-0.2, 0) is 9.59 Å². The fourth-order valence-electron chi connectivity index (χ4n) is 0.692. The summed E-state index contributed by atoms with van der Waals surface area (Å²) in [4.78, 5) is 23.4. The van der Waals surface area contributed by atoms with Gasteiger partial charge < -0.3 is 5.11 Å². The molecule has 4 nitrogen and oxygen atoms in total. The highest BCUT2D eigenvalue weighted by Crippen LogP contribution is 2.04. The van der Waals surface area contributed by atoms with Crippen LogP contribution in [0, 0.1) is 0 Å². The van der Waals surface area contributed by atoms with E-state index >= 15 is 0 Å². The second-order valence-electron chi connectivity index (χ2n) is 1.95. The summed E-state index contributed by atoms with van der Waals surface area (Å²) in [5, 5.41) is 8.51. The standard InChI is InChI=1S/C7H9NO3/c1-3-6(7(10)11)5(2)8-4-9/h3,5H,1-2H3,(H,10,11). The number of allylic oxidation sites excluding steroid dienone is 1. The Morgan fingerprint density at radius 2 is 2.27 bits per heavy atom. The number of aliphatic carboxylic acids is 1. The number of rotatable bonds is 3. The summed E-state index contributed by atoms with van der Waals surface area (Å²) in [5.74, 6) is -1.06. The van der Waals surface area contributed by atoms with Crippen molar-refractivity contribution in [3.05, 3.63) is 11.6 Å². The van der Waals surface area contributed by atoms with E-state index in [1.165, 1.54) is 19.1 Å². The molecule has 1 atom stereocenters. The van der Waals surface area contributed by atoms with Crippen LogP contribution >= 0.6 is 0 Å². The molecule has 0 rings (SSSR count). The number of carboxylic acid groups (broad SMARTS) is 1. The minimum atomic E-state index is -1.06. The summed E-state index contributed by atoms with van der Waals surface area (Å²) in [5.41, 5.74) is 0.105. The minimum absolute atomic E-state index is 0.105. The topological polar surface area (TPSA) is 66.7 Å². The number of carbonyl (C=O) groups is 1. The molecule has 11 heavy (non-hydrogen) atoms. The van der Waals surface area contributed by atoms with Gasteiger partial charge >= 0.3 is 5.97 Å². The predicted octanol–water partition coefficient (Wildman–Crippen LogP) is 0.742. The van der Waals surface area contributed by atoms with E-state index in [0.29, 0.717) is 0 Å². The maximum Gasteiger partial charge on any atom is 0.333 e. The van der Waals surface area contributed by atoms with E-state index in [1.54, 1.807) is 6.92 Å². The Bertz CT molecular complexity index is 226. The van der Waals surface area contributed by atoms with Crippen molar-refractivity contribution in [2.24, 2.45) is 4.99 Å². The Morgan fingerprint density at radius 3 is 2.55 bits per heavy atom. The Hall–Kier alpha value is -1.41. The smallest absolute Gasteiger partial charge is 0.333 e. The van der Waals surface area contributed by atoms with Gasteiger partial charge in [-0.25, -0.2) is 9.59 Å². The van der Waals surface area contributed by atoms with Crippen molar-refractivity contribution in [1.82, 2.24) is 0 Å². The van der Waals surface area contributed by atoms with Crippen molar-refractivity contribution < 1.29 is 14.7 Å². The van der Waals surface area contributed by atoms with Gasteiger partial charge in [0.25, 0.3) is 0 Å². The first kappa shape index (κ1) is 9.59. The van der Waals surface area contributed by atoms with E-state index in [4.69, 9.17) is 5.11 Å². The average Bonchev–Trinajstić information content (AvgIpc) is 1.88. The fraction of sp³-hybridized carbons (Fsp3) is 0.429. The summed E-state index contributed by atoms with van der Waals surface area (Å²) in [7, 11) is 0. The molecule has 60 valence electrons. The molecule has 0 bridgehead atoms. The third-order valence-corrected chi connectivity index (χ3v) is 1.25. The zero-order valence-corrected chi connectivity index (χ0v) is 6.37. The van der Waals surface area contributed by atoms with Crippen LogP contribution < -0.4 is 0 Å². The summed E-state index contributed by atoms with van der Waals surface area (Å²) >= 11 is 0. The second-order valence-corrected chi connectivity index (χ2v) is 1.95. The fourth-order valence-corrected chi connectivity index (χ4v) is 0.692. The third kappa shape index (κ3) is 2.78. The Morgan fingerprint density at radius 1 is 1.73 bits per heavy atom. The highest BCUT2D eigenvalue weighted by atomic mass is 16.4. The SMILES string of the molecule is CC=C(C(=O)O)C(C)N=C=O. The quantitative estimate of drug-likeness (QED) is 0.371. The molecule has 0 saturated carbocycles. The third-order valence-electron chi connectivity index (χ3n) is 1.25. The summed E-state index contributed by atoms with van der Waals surface area (Å²) < 4.78 is 0. The molecule has 0 aliphatic carbocycles. The lowest BCUT2D eigenvalue weighted by Gasteiger charge is -2.02. The number of isocyanates is 1. The zero-order chi connectivity index (χ0) is 8.85. The molecule has 1 unspecified atom stereocenters. The average molecular weight is 155 g/mol. The normalized spacial score (nSPS) is 13.5. The number of nitrogens with zero attached hydrogens (tertiary/aromatic N) is 1. The molecule has 0 amide bonds. The van der Waals surface area contributed by atoms with Gasteiger partial charge in [-0.15, -0.1) is 0 Å². The molecule has 0 fully saturated rings. The van der Waals surface area contributed by atoms with Crippen molar-refractivity contribution in [2.45, 2.75) is 19.9 Å². The largest absolute Gasteiger partial charge is 0.478 e. The lowest BCUT2D eigenvalue weighted by atomic mass is 10.1. The van der Waals surface area contributed by atoms with Crippen LogP contribution in [0.15, 0.2) is 16.6 Å². The van der Waals surface area contributed by atoms with Crippen LogP contribution in [0.5, 0.6) is 0 Å². The first-order valence-corrected chi connectivity index (χ1v) is 3.10. The Balaban J connectivity index is 4.53. The van der Waals surface area contributed by atoms with E-state index < -0.39 is 12.0 Å². The maximum atomic E-state index is 10.4. The van der Waals surface area contributed by atoms with Crippen molar-refractivity contribution in [3.8, 4) is 0 Å². The van der Waals surface area contributed by atoms with E-state index in [2.05, 4.69) is 4.99 Å². The predicted molar refractivity (Wildman–Crippen MR) is 39.0 cm³/mol. The number of hydrogen-bond donors (Lipinski definition) is 1. The highest BCUT2D eigenvalue weighted by Gasteiger charge is 2.12. The Labute approximate surface area is 64.3 Å². The molecule has 0 aromatic carbocycles. The van der Waals surface area contributed by atoms with Gasteiger partial charge in [0.2, 0.25) is 6.08 Å². The van der Waals surface area contributed by atoms with E-state index in [0.717, 1.165) is 0 Å². The molecule has 1 N–H and O–H groups in total. The molecular weight excluding hydrogens is 146 g/mol. The summed E-state index contributed by atoms with van der Waals surface area (Å²) in [6, 6.07) is -0.616. The van der Waals surface area contributed by atoms with Gasteiger partial charge in [0.15, 0.2) is 0 Å². The van der Waals surface area contributed by atoms with Crippen molar-refractivity contribution in [1.29, 1.82) is 0 Å².